The summed E-state index contributed by atoms with van der Waals surface area (Å²) in [5.41, 5.74) is 0. The van der Waals surface area contributed by atoms with Crippen molar-refractivity contribution in [1.82, 2.24) is 0 Å². The van der Waals surface area contributed by atoms with Crippen molar-refractivity contribution in [1.29, 1.82) is 0 Å². The molecule has 5 atom stereocenters. The van der Waals surface area contributed by atoms with E-state index in [1.165, 1.54) is 70.6 Å². The van der Waals surface area contributed by atoms with Crippen molar-refractivity contribution in [2.75, 3.05) is 13.2 Å². The summed E-state index contributed by atoms with van der Waals surface area (Å²) in [7, 11) is 0. The molecule has 1 fully saturated rings. The van der Waals surface area contributed by atoms with Gasteiger partial charge in [0.05, 0.1) is 6.61 Å². The maximum absolute atomic E-state index is 9.88. The van der Waals surface area contributed by atoms with E-state index in [0.29, 0.717) is 6.61 Å². The molecular formula is C21H42O6. The van der Waals surface area contributed by atoms with E-state index in [4.69, 9.17) is 14.6 Å². The lowest BCUT2D eigenvalue weighted by atomic mass is 9.99. The molecule has 0 aliphatic carbocycles. The molecule has 0 amide bonds. The summed E-state index contributed by atoms with van der Waals surface area (Å²) in [4.78, 5) is 0. The van der Waals surface area contributed by atoms with Gasteiger partial charge in [-0.1, -0.05) is 84.0 Å². The zero-order valence-electron chi connectivity index (χ0n) is 17.1. The van der Waals surface area contributed by atoms with Gasteiger partial charge in [0.1, 0.15) is 24.4 Å². The first-order valence-corrected chi connectivity index (χ1v) is 11.0. The molecule has 0 saturated carbocycles. The van der Waals surface area contributed by atoms with E-state index in [1.807, 2.05) is 0 Å². The van der Waals surface area contributed by atoms with Gasteiger partial charge >= 0.3 is 0 Å². The Labute approximate surface area is 164 Å². The molecule has 0 unspecified atom stereocenters. The fourth-order valence-electron chi connectivity index (χ4n) is 3.52. The molecule has 6 nitrogen and oxygen atoms in total. The van der Waals surface area contributed by atoms with Gasteiger partial charge in [-0.25, -0.2) is 0 Å². The highest BCUT2D eigenvalue weighted by Crippen LogP contribution is 2.22. The highest BCUT2D eigenvalue weighted by atomic mass is 16.7. The molecule has 1 aliphatic heterocycles. The van der Waals surface area contributed by atoms with E-state index in [0.717, 1.165) is 12.8 Å². The number of ether oxygens (including phenoxy) is 2. The van der Waals surface area contributed by atoms with Crippen LogP contribution in [0.15, 0.2) is 0 Å². The molecule has 0 aromatic carbocycles. The largest absolute Gasteiger partial charge is 0.394 e. The van der Waals surface area contributed by atoms with Crippen LogP contribution in [-0.4, -0.2) is 64.3 Å². The van der Waals surface area contributed by atoms with Gasteiger partial charge in [0, 0.05) is 6.61 Å². The van der Waals surface area contributed by atoms with Crippen LogP contribution in [0.4, 0.5) is 0 Å². The average Bonchev–Trinajstić information content (AvgIpc) is 2.68. The number of hydrogen-bond acceptors (Lipinski definition) is 6. The molecule has 0 bridgehead atoms. The molecule has 1 heterocycles. The van der Waals surface area contributed by atoms with E-state index < -0.39 is 37.3 Å². The van der Waals surface area contributed by atoms with Gasteiger partial charge in [-0.3, -0.25) is 0 Å². The Morgan fingerprint density at radius 2 is 1.15 bits per heavy atom. The Kier molecular flexibility index (Phi) is 14.4. The van der Waals surface area contributed by atoms with Crippen LogP contribution < -0.4 is 0 Å². The Balaban J connectivity index is 1.92. The fourth-order valence-corrected chi connectivity index (χ4v) is 3.52. The normalized spacial score (nSPS) is 28.6. The summed E-state index contributed by atoms with van der Waals surface area (Å²) < 4.78 is 10.8. The standard InChI is InChI=1S/C21H42O6/c1-2-3-4-5-6-7-8-9-10-11-12-13-14-15-26-21-20(25)19(24)18(23)17(16-22)27-21/h17-25H,2-16H2,1H3/t17-,18-,19+,20-,21-/m0/s1. The zero-order chi connectivity index (χ0) is 19.9. The lowest BCUT2D eigenvalue weighted by molar-refractivity contribution is -0.301. The topological polar surface area (TPSA) is 99.4 Å². The quantitative estimate of drug-likeness (QED) is 0.303. The monoisotopic (exact) mass is 390 g/mol. The smallest absolute Gasteiger partial charge is 0.186 e. The van der Waals surface area contributed by atoms with Crippen molar-refractivity contribution >= 4 is 0 Å². The molecule has 0 aromatic heterocycles. The van der Waals surface area contributed by atoms with Gasteiger partial charge in [-0.15, -0.1) is 0 Å². The summed E-state index contributed by atoms with van der Waals surface area (Å²) in [6.45, 7) is 2.26. The van der Waals surface area contributed by atoms with Crippen LogP contribution in [0.3, 0.4) is 0 Å². The minimum atomic E-state index is -1.37. The van der Waals surface area contributed by atoms with Crippen molar-refractivity contribution in [2.45, 2.75) is 121 Å². The predicted octanol–water partition coefficient (Wildman–Crippen LogP) is 2.89. The first kappa shape index (κ1) is 24.8. The van der Waals surface area contributed by atoms with Crippen molar-refractivity contribution in [2.24, 2.45) is 0 Å². The van der Waals surface area contributed by atoms with Crippen molar-refractivity contribution in [3.63, 3.8) is 0 Å². The van der Waals surface area contributed by atoms with Gasteiger partial charge < -0.3 is 29.9 Å². The third-order valence-corrected chi connectivity index (χ3v) is 5.38. The molecule has 1 aliphatic rings. The van der Waals surface area contributed by atoms with Crippen molar-refractivity contribution in [3.05, 3.63) is 0 Å². The molecular weight excluding hydrogens is 348 g/mol. The van der Waals surface area contributed by atoms with E-state index in [1.54, 1.807) is 0 Å². The molecule has 162 valence electrons. The lowest BCUT2D eigenvalue weighted by Gasteiger charge is -2.39. The average molecular weight is 391 g/mol. The van der Waals surface area contributed by atoms with Gasteiger partial charge in [0.2, 0.25) is 0 Å². The number of aliphatic hydroxyl groups is 4. The highest BCUT2D eigenvalue weighted by Gasteiger charge is 2.43. The van der Waals surface area contributed by atoms with Crippen LogP contribution in [0.25, 0.3) is 0 Å². The van der Waals surface area contributed by atoms with Crippen LogP contribution in [0, 0.1) is 0 Å². The second kappa shape index (κ2) is 15.7. The second-order valence-corrected chi connectivity index (χ2v) is 7.81. The first-order valence-electron chi connectivity index (χ1n) is 11.0. The van der Waals surface area contributed by atoms with Gasteiger partial charge in [0.15, 0.2) is 6.29 Å². The van der Waals surface area contributed by atoms with Crippen LogP contribution in [-0.2, 0) is 9.47 Å². The maximum Gasteiger partial charge on any atom is 0.186 e. The lowest BCUT2D eigenvalue weighted by Crippen LogP contribution is -2.59. The van der Waals surface area contributed by atoms with Crippen LogP contribution in [0.1, 0.15) is 90.4 Å². The minimum absolute atomic E-state index is 0.427. The second-order valence-electron chi connectivity index (χ2n) is 7.81. The number of unbranched alkanes of at least 4 members (excludes halogenated alkanes) is 12. The summed E-state index contributed by atoms with van der Waals surface area (Å²) >= 11 is 0. The number of rotatable bonds is 16. The van der Waals surface area contributed by atoms with Crippen LogP contribution in [0.5, 0.6) is 0 Å². The minimum Gasteiger partial charge on any atom is -0.394 e. The Morgan fingerprint density at radius 1 is 0.667 bits per heavy atom. The Morgan fingerprint density at radius 3 is 1.63 bits per heavy atom. The van der Waals surface area contributed by atoms with E-state index >= 15 is 0 Å². The van der Waals surface area contributed by atoms with Gasteiger partial charge in [0.25, 0.3) is 0 Å². The molecule has 4 N–H and O–H groups in total. The Hall–Kier alpha value is -0.240. The van der Waals surface area contributed by atoms with Crippen LogP contribution in [0.2, 0.25) is 0 Å². The number of aliphatic hydroxyl groups excluding tert-OH is 4. The van der Waals surface area contributed by atoms with Crippen molar-refractivity contribution < 1.29 is 29.9 Å². The van der Waals surface area contributed by atoms with Gasteiger partial charge in [-0.05, 0) is 6.42 Å². The Bertz CT molecular complexity index is 339. The van der Waals surface area contributed by atoms with E-state index in [-0.39, 0.29) is 0 Å². The zero-order valence-corrected chi connectivity index (χ0v) is 17.1. The molecule has 1 rings (SSSR count). The van der Waals surface area contributed by atoms with E-state index in [2.05, 4.69) is 6.92 Å². The maximum atomic E-state index is 9.88. The highest BCUT2D eigenvalue weighted by molar-refractivity contribution is 4.88. The van der Waals surface area contributed by atoms with Gasteiger partial charge in [-0.2, -0.15) is 0 Å². The SMILES string of the molecule is CCCCCCCCCCCCCCCO[C@H]1O[C@@H](CO)[C@H](O)[C@@H](O)[C@@H]1O. The fraction of sp³-hybridized carbons (Fsp3) is 1.00. The molecule has 27 heavy (non-hydrogen) atoms. The molecule has 0 spiro atoms. The molecule has 1 saturated heterocycles. The van der Waals surface area contributed by atoms with E-state index in [9.17, 15) is 15.3 Å². The first-order chi connectivity index (χ1) is 13.1. The summed E-state index contributed by atoms with van der Waals surface area (Å²) in [5.74, 6) is 0. The summed E-state index contributed by atoms with van der Waals surface area (Å²) in [6.07, 6.45) is 10.6. The third kappa shape index (κ3) is 10.2. The summed E-state index contributed by atoms with van der Waals surface area (Å²) in [6, 6.07) is 0. The molecule has 0 radical (unpaired) electrons. The summed E-state index contributed by atoms with van der Waals surface area (Å²) in [5, 5.41) is 38.5. The predicted molar refractivity (Wildman–Crippen MR) is 105 cm³/mol. The third-order valence-electron chi connectivity index (χ3n) is 5.38. The van der Waals surface area contributed by atoms with Crippen LogP contribution >= 0.6 is 0 Å². The molecule has 0 aromatic rings. The molecule has 6 heteroatoms. The number of hydrogen-bond donors (Lipinski definition) is 4. The van der Waals surface area contributed by atoms with Crippen molar-refractivity contribution in [3.8, 4) is 0 Å².